The summed E-state index contributed by atoms with van der Waals surface area (Å²) in [5.41, 5.74) is 5.63. The molecule has 6 nitrogen and oxygen atoms in total. The van der Waals surface area contributed by atoms with Gasteiger partial charge in [0.1, 0.15) is 5.75 Å². The summed E-state index contributed by atoms with van der Waals surface area (Å²) in [6, 6.07) is 20.4. The molecule has 0 aliphatic heterocycles. The highest BCUT2D eigenvalue weighted by atomic mass is 35.5. The molecule has 0 heterocycles. The van der Waals surface area contributed by atoms with Crippen LogP contribution in [0.3, 0.4) is 0 Å². The van der Waals surface area contributed by atoms with Crippen molar-refractivity contribution in [3.63, 3.8) is 0 Å². The fourth-order valence-electron chi connectivity index (χ4n) is 2.50. The van der Waals surface area contributed by atoms with Gasteiger partial charge in [-0.3, -0.25) is 25.8 Å². The minimum absolute atomic E-state index is 0.0418. The molecular weight excluding hydrogens is 422 g/mol. The predicted molar refractivity (Wildman–Crippen MR) is 122 cm³/mol. The number of ether oxygens (including phenoxy) is 1. The smallest absolute Gasteiger partial charge is 0.276 e. The molecule has 0 saturated carbocycles. The van der Waals surface area contributed by atoms with Gasteiger partial charge in [0.2, 0.25) is 5.91 Å². The molecule has 3 aromatic rings. The largest absolute Gasteiger partial charge is 0.484 e. The average molecular weight is 440 g/mol. The number of fused-ring (bicyclic) bond motifs is 1. The highest BCUT2D eigenvalue weighted by Crippen LogP contribution is 2.20. The van der Waals surface area contributed by atoms with E-state index in [1.54, 1.807) is 36.4 Å². The van der Waals surface area contributed by atoms with Gasteiger partial charge in [0, 0.05) is 11.1 Å². The SMILES string of the molecule is O=C(/C=C/c1ccc(Cl)cc1)NC(=S)NNC(=O)COc1ccc2ccccc2c1. The van der Waals surface area contributed by atoms with Crippen molar-refractivity contribution in [2.24, 2.45) is 0 Å². The van der Waals surface area contributed by atoms with Gasteiger partial charge < -0.3 is 4.74 Å². The number of nitrogens with one attached hydrogen (secondary N) is 3. The number of hydrogen-bond acceptors (Lipinski definition) is 4. The summed E-state index contributed by atoms with van der Waals surface area (Å²) >= 11 is 10.8. The van der Waals surface area contributed by atoms with Crippen molar-refractivity contribution in [1.82, 2.24) is 16.2 Å². The van der Waals surface area contributed by atoms with Gasteiger partial charge in [-0.25, -0.2) is 0 Å². The van der Waals surface area contributed by atoms with Gasteiger partial charge in [-0.1, -0.05) is 54.1 Å². The van der Waals surface area contributed by atoms with E-state index in [0.717, 1.165) is 16.3 Å². The van der Waals surface area contributed by atoms with Crippen molar-refractivity contribution in [2.75, 3.05) is 6.61 Å². The molecule has 0 aliphatic carbocycles. The number of halogens is 1. The molecule has 3 rings (SSSR count). The van der Waals surface area contributed by atoms with Crippen molar-refractivity contribution >= 4 is 57.6 Å². The maximum Gasteiger partial charge on any atom is 0.276 e. The van der Waals surface area contributed by atoms with Crippen LogP contribution in [-0.2, 0) is 9.59 Å². The van der Waals surface area contributed by atoms with Crippen molar-refractivity contribution in [3.8, 4) is 5.75 Å². The third kappa shape index (κ3) is 6.58. The van der Waals surface area contributed by atoms with Gasteiger partial charge in [0.15, 0.2) is 11.7 Å². The van der Waals surface area contributed by atoms with Gasteiger partial charge >= 0.3 is 0 Å². The van der Waals surface area contributed by atoms with Crippen LogP contribution in [0.5, 0.6) is 5.75 Å². The van der Waals surface area contributed by atoms with Crippen LogP contribution in [0, 0.1) is 0 Å². The quantitative estimate of drug-likeness (QED) is 0.321. The zero-order valence-electron chi connectivity index (χ0n) is 15.7. The zero-order valence-corrected chi connectivity index (χ0v) is 17.3. The van der Waals surface area contributed by atoms with E-state index in [2.05, 4.69) is 16.2 Å². The first-order valence-electron chi connectivity index (χ1n) is 8.95. The lowest BCUT2D eigenvalue weighted by Crippen LogP contribution is -2.49. The molecule has 0 radical (unpaired) electrons. The summed E-state index contributed by atoms with van der Waals surface area (Å²) in [5.74, 6) is -0.312. The van der Waals surface area contributed by atoms with Crippen molar-refractivity contribution in [1.29, 1.82) is 0 Å². The van der Waals surface area contributed by atoms with Crippen molar-refractivity contribution in [2.45, 2.75) is 0 Å². The van der Waals surface area contributed by atoms with E-state index in [-0.39, 0.29) is 11.7 Å². The first-order chi connectivity index (χ1) is 14.5. The molecule has 0 unspecified atom stereocenters. The average Bonchev–Trinajstić information content (AvgIpc) is 2.75. The van der Waals surface area contributed by atoms with Crippen molar-refractivity contribution in [3.05, 3.63) is 83.4 Å². The molecule has 3 N–H and O–H groups in total. The van der Waals surface area contributed by atoms with Gasteiger partial charge in [0.25, 0.3) is 5.91 Å². The molecule has 3 aromatic carbocycles. The molecule has 0 spiro atoms. The van der Waals surface area contributed by atoms with E-state index in [1.165, 1.54) is 6.08 Å². The Kier molecular flexibility index (Phi) is 7.37. The van der Waals surface area contributed by atoms with Crippen molar-refractivity contribution < 1.29 is 14.3 Å². The van der Waals surface area contributed by atoms with Crippen LogP contribution in [0.1, 0.15) is 5.56 Å². The zero-order chi connectivity index (χ0) is 21.3. The number of benzene rings is 3. The summed E-state index contributed by atoms with van der Waals surface area (Å²) < 4.78 is 5.48. The number of hydrogen-bond donors (Lipinski definition) is 3. The first-order valence-corrected chi connectivity index (χ1v) is 9.73. The monoisotopic (exact) mass is 439 g/mol. The van der Waals surface area contributed by atoms with Crippen LogP contribution in [0.15, 0.2) is 72.8 Å². The van der Waals surface area contributed by atoms with Crippen LogP contribution in [0.2, 0.25) is 5.02 Å². The van der Waals surface area contributed by atoms with E-state index < -0.39 is 11.8 Å². The number of amides is 2. The number of hydrazine groups is 1. The molecular formula is C22H18ClN3O3S. The Bertz CT molecular complexity index is 1100. The highest BCUT2D eigenvalue weighted by molar-refractivity contribution is 7.80. The Morgan fingerprint density at radius 3 is 2.47 bits per heavy atom. The minimum atomic E-state index is -0.448. The Morgan fingerprint density at radius 2 is 1.70 bits per heavy atom. The second-order valence-electron chi connectivity index (χ2n) is 6.17. The normalized spacial score (nSPS) is 10.6. The molecule has 152 valence electrons. The Labute approximate surface area is 183 Å². The fourth-order valence-corrected chi connectivity index (χ4v) is 2.78. The second-order valence-corrected chi connectivity index (χ2v) is 7.02. The Balaban J connectivity index is 1.39. The van der Waals surface area contributed by atoms with Crippen LogP contribution in [-0.4, -0.2) is 23.5 Å². The number of rotatable bonds is 5. The molecule has 0 fully saturated rings. The van der Waals surface area contributed by atoms with E-state index in [9.17, 15) is 9.59 Å². The van der Waals surface area contributed by atoms with Gasteiger partial charge in [-0.05, 0) is 58.9 Å². The van der Waals surface area contributed by atoms with E-state index in [1.807, 2.05) is 36.4 Å². The Morgan fingerprint density at radius 1 is 0.967 bits per heavy atom. The summed E-state index contributed by atoms with van der Waals surface area (Å²) in [5, 5.41) is 5.10. The summed E-state index contributed by atoms with van der Waals surface area (Å²) in [7, 11) is 0. The second kappa shape index (κ2) is 10.4. The lowest BCUT2D eigenvalue weighted by atomic mass is 10.1. The van der Waals surface area contributed by atoms with Crippen LogP contribution in [0.4, 0.5) is 0 Å². The maximum absolute atomic E-state index is 11.9. The lowest BCUT2D eigenvalue weighted by molar-refractivity contribution is -0.123. The molecule has 8 heteroatoms. The van der Waals surface area contributed by atoms with Gasteiger partial charge in [-0.2, -0.15) is 0 Å². The Hall–Kier alpha value is -3.42. The predicted octanol–water partition coefficient (Wildman–Crippen LogP) is 3.61. The van der Waals surface area contributed by atoms with E-state index >= 15 is 0 Å². The van der Waals surface area contributed by atoms with Crippen LogP contribution < -0.4 is 20.9 Å². The molecule has 30 heavy (non-hydrogen) atoms. The third-order valence-electron chi connectivity index (χ3n) is 3.94. The van der Waals surface area contributed by atoms with E-state index in [0.29, 0.717) is 10.8 Å². The molecule has 0 aliphatic rings. The van der Waals surface area contributed by atoms with Crippen LogP contribution in [0.25, 0.3) is 16.8 Å². The molecule has 0 bridgehead atoms. The maximum atomic E-state index is 11.9. The summed E-state index contributed by atoms with van der Waals surface area (Å²) in [6.45, 7) is -0.210. The standard InChI is InChI=1S/C22H18ClN3O3S/c23-18-9-5-15(6-10-18)7-12-20(27)24-22(30)26-25-21(28)14-29-19-11-8-16-3-1-2-4-17(16)13-19/h1-13H,14H2,(H,25,28)(H2,24,26,27,30)/b12-7+. The first kappa shape index (κ1) is 21.3. The van der Waals surface area contributed by atoms with E-state index in [4.69, 9.17) is 28.6 Å². The van der Waals surface area contributed by atoms with Crippen LogP contribution >= 0.6 is 23.8 Å². The lowest BCUT2D eigenvalue weighted by Gasteiger charge is -2.11. The summed E-state index contributed by atoms with van der Waals surface area (Å²) in [6.07, 6.45) is 2.94. The number of carbonyl (C=O) groups is 2. The molecule has 2 amide bonds. The molecule has 0 saturated heterocycles. The van der Waals surface area contributed by atoms with Gasteiger partial charge in [-0.15, -0.1) is 0 Å². The fraction of sp³-hybridized carbons (Fsp3) is 0.0455. The third-order valence-corrected chi connectivity index (χ3v) is 4.40. The number of carbonyl (C=O) groups excluding carboxylic acids is 2. The molecule has 0 aromatic heterocycles. The van der Waals surface area contributed by atoms with Gasteiger partial charge in [0.05, 0.1) is 0 Å². The topological polar surface area (TPSA) is 79.5 Å². The number of thiocarbonyl (C=S) groups is 1. The highest BCUT2D eigenvalue weighted by Gasteiger charge is 2.06. The molecule has 0 atom stereocenters. The summed E-state index contributed by atoms with van der Waals surface area (Å²) in [4.78, 5) is 23.8. The minimum Gasteiger partial charge on any atom is -0.484 e.